The van der Waals surface area contributed by atoms with E-state index in [1.807, 2.05) is 42.5 Å². The Morgan fingerprint density at radius 1 is 0.900 bits per heavy atom. The van der Waals surface area contributed by atoms with Gasteiger partial charge in [-0.25, -0.2) is 4.79 Å². The third-order valence-corrected chi connectivity index (χ3v) is 6.01. The quantitative estimate of drug-likeness (QED) is 0.241. The number of nitrogens with zero attached hydrogens (tertiary/aromatic N) is 1. The molecule has 2 aromatic rings. The van der Waals surface area contributed by atoms with Gasteiger partial charge in [-0.15, -0.1) is 0 Å². The van der Waals surface area contributed by atoms with E-state index < -0.39 is 0 Å². The molecule has 0 unspecified atom stereocenters. The molecule has 0 fully saturated rings. The Hall–Kier alpha value is -1.31. The highest BCUT2D eigenvalue weighted by Gasteiger charge is 2.22. The van der Waals surface area contributed by atoms with Gasteiger partial charge in [-0.05, 0) is 62.9 Å². The molecular formula is C24H35ClIN3O. The summed E-state index contributed by atoms with van der Waals surface area (Å²) >= 11 is 5.99. The summed E-state index contributed by atoms with van der Waals surface area (Å²) in [5, 5.41) is 6.59. The van der Waals surface area contributed by atoms with Gasteiger partial charge in [0.1, 0.15) is 0 Å². The first-order valence-electron chi connectivity index (χ1n) is 10.8. The molecule has 0 aliphatic carbocycles. The van der Waals surface area contributed by atoms with Gasteiger partial charge in [-0.3, -0.25) is 0 Å². The number of urea groups is 1. The van der Waals surface area contributed by atoms with Gasteiger partial charge in [0.2, 0.25) is 0 Å². The molecule has 0 atom stereocenters. The zero-order chi connectivity index (χ0) is 21.0. The molecule has 166 valence electrons. The lowest BCUT2D eigenvalue weighted by Crippen LogP contribution is -3.00. The summed E-state index contributed by atoms with van der Waals surface area (Å²) in [6.45, 7) is 9.95. The van der Waals surface area contributed by atoms with Crippen molar-refractivity contribution in [2.24, 2.45) is 0 Å². The van der Waals surface area contributed by atoms with Gasteiger partial charge in [0.15, 0.2) is 0 Å². The van der Waals surface area contributed by atoms with Crippen molar-refractivity contribution in [2.45, 2.75) is 39.5 Å². The molecular weight excluding hydrogens is 509 g/mol. The van der Waals surface area contributed by atoms with Gasteiger partial charge in [0, 0.05) is 23.7 Å². The van der Waals surface area contributed by atoms with Crippen molar-refractivity contribution >= 4 is 23.3 Å². The first-order chi connectivity index (χ1) is 14.1. The average Bonchev–Trinajstić information content (AvgIpc) is 2.75. The molecule has 0 radical (unpaired) electrons. The third kappa shape index (κ3) is 9.67. The number of para-hydroxylation sites is 1. The minimum atomic E-state index is -0.133. The minimum Gasteiger partial charge on any atom is -1.00 e. The van der Waals surface area contributed by atoms with Crippen LogP contribution in [0, 0.1) is 0 Å². The maximum absolute atomic E-state index is 11.9. The van der Waals surface area contributed by atoms with Crippen molar-refractivity contribution in [2.75, 3.05) is 38.0 Å². The second-order valence-corrected chi connectivity index (χ2v) is 8.04. The zero-order valence-corrected chi connectivity index (χ0v) is 21.1. The van der Waals surface area contributed by atoms with Crippen LogP contribution in [0.25, 0.3) is 0 Å². The summed E-state index contributed by atoms with van der Waals surface area (Å²) in [5.41, 5.74) is 2.17. The highest BCUT2D eigenvalue weighted by atomic mass is 127. The van der Waals surface area contributed by atoms with E-state index in [1.54, 1.807) is 0 Å². The molecule has 0 saturated carbocycles. The number of amides is 2. The lowest BCUT2D eigenvalue weighted by atomic mass is 10.1. The van der Waals surface area contributed by atoms with Gasteiger partial charge in [-0.2, -0.15) is 0 Å². The Kier molecular flexibility index (Phi) is 13.1. The monoisotopic (exact) mass is 543 g/mol. The molecule has 2 N–H and O–H groups in total. The van der Waals surface area contributed by atoms with Crippen LogP contribution in [0.2, 0.25) is 5.02 Å². The number of anilines is 1. The lowest BCUT2D eigenvalue weighted by molar-refractivity contribution is -0.925. The summed E-state index contributed by atoms with van der Waals surface area (Å²) in [6.07, 6.45) is 4.41. The molecule has 2 amide bonds. The smallest absolute Gasteiger partial charge is 0.319 e. The lowest BCUT2D eigenvalue weighted by Gasteiger charge is -2.37. The molecule has 4 nitrogen and oxygen atoms in total. The van der Waals surface area contributed by atoms with Crippen LogP contribution in [0.3, 0.4) is 0 Å². The van der Waals surface area contributed by atoms with Crippen LogP contribution in [0.1, 0.15) is 38.7 Å². The third-order valence-electron chi connectivity index (χ3n) is 5.76. The van der Waals surface area contributed by atoms with Crippen LogP contribution in [0.4, 0.5) is 10.5 Å². The first kappa shape index (κ1) is 26.7. The van der Waals surface area contributed by atoms with E-state index in [4.69, 9.17) is 11.6 Å². The van der Waals surface area contributed by atoms with Gasteiger partial charge >= 0.3 is 6.03 Å². The fourth-order valence-electron chi connectivity index (χ4n) is 3.63. The van der Waals surface area contributed by atoms with Gasteiger partial charge < -0.3 is 39.1 Å². The van der Waals surface area contributed by atoms with E-state index in [-0.39, 0.29) is 30.0 Å². The van der Waals surface area contributed by atoms with Crippen molar-refractivity contribution in [3.05, 3.63) is 65.2 Å². The van der Waals surface area contributed by atoms with E-state index in [0.29, 0.717) is 6.54 Å². The molecule has 2 rings (SSSR count). The number of quaternary nitrogens is 1. The molecule has 0 aliphatic heterocycles. The Morgan fingerprint density at radius 2 is 1.57 bits per heavy atom. The number of rotatable bonds is 12. The summed E-state index contributed by atoms with van der Waals surface area (Å²) in [7, 11) is 0. The van der Waals surface area contributed by atoms with Crippen molar-refractivity contribution in [1.82, 2.24) is 5.32 Å². The van der Waals surface area contributed by atoms with Crippen molar-refractivity contribution < 1.29 is 33.3 Å². The normalized spacial score (nSPS) is 10.9. The van der Waals surface area contributed by atoms with Crippen molar-refractivity contribution in [1.29, 1.82) is 0 Å². The summed E-state index contributed by atoms with van der Waals surface area (Å²) in [6, 6.07) is 17.6. The standard InChI is InChI=1S/C24H34ClN3O.HI/c1-3-28(4-2,20-17-21-13-15-22(25)16-14-21)19-10-6-9-18-26-24(29)27-23-11-7-5-8-12-23;/h5,7-8,11-16H,3-4,6,9-10,17-20H2,1-2H3,(H-,26,27,29);1H. The minimum absolute atomic E-state index is 0. The fraction of sp³-hybridized carbons (Fsp3) is 0.458. The molecule has 0 heterocycles. The van der Waals surface area contributed by atoms with Crippen LogP contribution in [0.5, 0.6) is 0 Å². The van der Waals surface area contributed by atoms with Crippen molar-refractivity contribution in [3.8, 4) is 0 Å². The Balaban J connectivity index is 0.00000450. The SMILES string of the molecule is CC[N+](CC)(CCCCCNC(=O)Nc1ccccc1)CCc1ccc(Cl)cc1.[I-]. The number of nitrogens with one attached hydrogen (secondary N) is 2. The van der Waals surface area contributed by atoms with E-state index in [9.17, 15) is 4.79 Å². The predicted octanol–water partition coefficient (Wildman–Crippen LogP) is 2.74. The number of halogens is 2. The van der Waals surface area contributed by atoms with Crippen LogP contribution in [-0.2, 0) is 6.42 Å². The zero-order valence-electron chi connectivity index (χ0n) is 18.2. The Morgan fingerprint density at radius 3 is 2.20 bits per heavy atom. The number of likely N-dealkylation sites (N-methyl/N-ethyl adjacent to an activating group) is 1. The van der Waals surface area contributed by atoms with E-state index in [1.165, 1.54) is 18.5 Å². The van der Waals surface area contributed by atoms with E-state index in [0.717, 1.165) is 54.1 Å². The number of benzene rings is 2. The second-order valence-electron chi connectivity index (χ2n) is 7.61. The fourth-order valence-corrected chi connectivity index (χ4v) is 3.76. The van der Waals surface area contributed by atoms with E-state index in [2.05, 4.69) is 36.6 Å². The van der Waals surface area contributed by atoms with Crippen LogP contribution < -0.4 is 34.6 Å². The summed E-state index contributed by atoms with van der Waals surface area (Å²) < 4.78 is 1.14. The maximum Gasteiger partial charge on any atom is 0.319 e. The molecule has 0 bridgehead atoms. The first-order valence-corrected chi connectivity index (χ1v) is 11.1. The predicted molar refractivity (Wildman–Crippen MR) is 124 cm³/mol. The highest BCUT2D eigenvalue weighted by molar-refractivity contribution is 6.30. The molecule has 0 saturated heterocycles. The second kappa shape index (κ2) is 14.7. The number of hydrogen-bond donors (Lipinski definition) is 2. The van der Waals surface area contributed by atoms with Crippen LogP contribution in [-0.4, -0.2) is 43.2 Å². The maximum atomic E-state index is 11.9. The number of unbranched alkanes of at least 4 members (excludes halogenated alkanes) is 2. The van der Waals surface area contributed by atoms with Gasteiger partial charge in [0.05, 0.1) is 26.2 Å². The van der Waals surface area contributed by atoms with Gasteiger partial charge in [-0.1, -0.05) is 41.9 Å². The summed E-state index contributed by atoms with van der Waals surface area (Å²) in [5.74, 6) is 0. The number of carbonyl (C=O) groups excluding carboxylic acids is 1. The van der Waals surface area contributed by atoms with Gasteiger partial charge in [0.25, 0.3) is 0 Å². The number of carbonyl (C=O) groups is 1. The van der Waals surface area contributed by atoms with Crippen LogP contribution >= 0.6 is 11.6 Å². The Labute approximate surface area is 204 Å². The van der Waals surface area contributed by atoms with E-state index >= 15 is 0 Å². The molecule has 30 heavy (non-hydrogen) atoms. The average molecular weight is 544 g/mol. The molecule has 6 heteroatoms. The number of hydrogen-bond acceptors (Lipinski definition) is 1. The molecule has 0 aromatic heterocycles. The molecule has 0 aliphatic rings. The summed E-state index contributed by atoms with van der Waals surface area (Å²) in [4.78, 5) is 11.9. The Bertz CT molecular complexity index is 721. The highest BCUT2D eigenvalue weighted by Crippen LogP contribution is 2.15. The molecule has 0 spiro atoms. The largest absolute Gasteiger partial charge is 1.00 e. The van der Waals surface area contributed by atoms with Crippen LogP contribution in [0.15, 0.2) is 54.6 Å². The topological polar surface area (TPSA) is 41.1 Å². The molecule has 2 aromatic carbocycles. The van der Waals surface area contributed by atoms with Crippen molar-refractivity contribution in [3.63, 3.8) is 0 Å².